The molecule has 84 valence electrons. The smallest absolute Gasteiger partial charge is 0.137 e. The molecule has 1 aromatic carbocycles. The molecule has 0 saturated carbocycles. The molecular formula is C12H11BrFNO. The van der Waals surface area contributed by atoms with Crippen LogP contribution in [0.3, 0.4) is 0 Å². The molecule has 0 bridgehead atoms. The summed E-state index contributed by atoms with van der Waals surface area (Å²) in [5.41, 5.74) is 1.83. The average molecular weight is 284 g/mol. The van der Waals surface area contributed by atoms with E-state index in [-0.39, 0.29) is 12.4 Å². The second-order valence-corrected chi connectivity index (χ2v) is 4.39. The van der Waals surface area contributed by atoms with Gasteiger partial charge in [0.05, 0.1) is 11.1 Å². The fourth-order valence-corrected chi connectivity index (χ4v) is 2.01. The van der Waals surface area contributed by atoms with Gasteiger partial charge < -0.3 is 9.67 Å². The minimum absolute atomic E-state index is 0.00929. The monoisotopic (exact) mass is 283 g/mol. The van der Waals surface area contributed by atoms with E-state index in [1.165, 1.54) is 6.07 Å². The molecule has 0 aliphatic rings. The van der Waals surface area contributed by atoms with Crippen LogP contribution < -0.4 is 0 Å². The number of rotatable bonds is 3. The molecule has 4 heteroatoms. The van der Waals surface area contributed by atoms with Gasteiger partial charge in [-0.15, -0.1) is 0 Å². The van der Waals surface area contributed by atoms with Crippen molar-refractivity contribution in [2.45, 2.75) is 13.2 Å². The zero-order valence-corrected chi connectivity index (χ0v) is 10.1. The molecule has 2 rings (SSSR count). The van der Waals surface area contributed by atoms with Crippen molar-refractivity contribution < 1.29 is 9.50 Å². The topological polar surface area (TPSA) is 25.2 Å². The van der Waals surface area contributed by atoms with Crippen LogP contribution in [0.2, 0.25) is 0 Å². The summed E-state index contributed by atoms with van der Waals surface area (Å²) in [7, 11) is 0. The molecule has 1 aromatic heterocycles. The summed E-state index contributed by atoms with van der Waals surface area (Å²) < 4.78 is 15.4. The van der Waals surface area contributed by atoms with Gasteiger partial charge in [0.15, 0.2) is 0 Å². The van der Waals surface area contributed by atoms with Gasteiger partial charge in [-0.3, -0.25) is 0 Å². The average Bonchev–Trinajstić information content (AvgIpc) is 2.71. The second kappa shape index (κ2) is 4.80. The normalized spacial score (nSPS) is 10.7. The van der Waals surface area contributed by atoms with Gasteiger partial charge in [-0.05, 0) is 45.8 Å². The SMILES string of the molecule is OCc1cccn1Cc1ccc(F)c(Br)c1. The van der Waals surface area contributed by atoms with Gasteiger partial charge in [0.1, 0.15) is 5.82 Å². The van der Waals surface area contributed by atoms with Crippen molar-refractivity contribution >= 4 is 15.9 Å². The largest absolute Gasteiger partial charge is 0.390 e. The third kappa shape index (κ3) is 2.33. The highest BCUT2D eigenvalue weighted by Crippen LogP contribution is 2.18. The van der Waals surface area contributed by atoms with Crippen molar-refractivity contribution in [3.63, 3.8) is 0 Å². The first-order valence-corrected chi connectivity index (χ1v) is 5.69. The number of halogens is 2. The standard InChI is InChI=1S/C12H11BrFNO/c13-11-6-9(3-4-12(11)14)7-15-5-1-2-10(15)8-16/h1-6,16H,7-8H2. The third-order valence-corrected chi connectivity index (χ3v) is 3.03. The Labute approximate surface area is 101 Å². The Balaban J connectivity index is 2.24. The van der Waals surface area contributed by atoms with Crippen molar-refractivity contribution in [1.82, 2.24) is 4.57 Å². The van der Waals surface area contributed by atoms with Crippen LogP contribution >= 0.6 is 15.9 Å². The zero-order valence-electron chi connectivity index (χ0n) is 8.53. The van der Waals surface area contributed by atoms with Crippen LogP contribution in [0.4, 0.5) is 4.39 Å². The van der Waals surface area contributed by atoms with E-state index in [1.54, 1.807) is 12.1 Å². The minimum Gasteiger partial charge on any atom is -0.390 e. The van der Waals surface area contributed by atoms with Gasteiger partial charge >= 0.3 is 0 Å². The molecule has 0 spiro atoms. The van der Waals surface area contributed by atoms with Crippen molar-refractivity contribution in [2.24, 2.45) is 0 Å². The summed E-state index contributed by atoms with van der Waals surface area (Å²) >= 11 is 3.15. The molecule has 0 saturated heterocycles. The van der Waals surface area contributed by atoms with Crippen LogP contribution in [0.1, 0.15) is 11.3 Å². The van der Waals surface area contributed by atoms with Gasteiger partial charge in [-0.2, -0.15) is 0 Å². The Morgan fingerprint density at radius 2 is 2.12 bits per heavy atom. The van der Waals surface area contributed by atoms with E-state index in [4.69, 9.17) is 5.11 Å². The number of hydrogen-bond acceptors (Lipinski definition) is 1. The summed E-state index contributed by atoms with van der Waals surface area (Å²) in [6, 6.07) is 8.65. The van der Waals surface area contributed by atoms with Crippen LogP contribution in [0.25, 0.3) is 0 Å². The summed E-state index contributed by atoms with van der Waals surface area (Å²) in [6.45, 7) is 0.636. The van der Waals surface area contributed by atoms with Gasteiger partial charge in [-0.25, -0.2) is 4.39 Å². The van der Waals surface area contributed by atoms with E-state index in [0.29, 0.717) is 11.0 Å². The van der Waals surface area contributed by atoms with Crippen molar-refractivity contribution in [3.8, 4) is 0 Å². The predicted octanol–water partition coefficient (Wildman–Crippen LogP) is 2.93. The fourth-order valence-electron chi connectivity index (χ4n) is 1.58. The predicted molar refractivity (Wildman–Crippen MR) is 63.6 cm³/mol. The Bertz CT molecular complexity index is 496. The van der Waals surface area contributed by atoms with Crippen LogP contribution in [0.15, 0.2) is 41.0 Å². The lowest BCUT2D eigenvalue weighted by molar-refractivity contribution is 0.271. The molecule has 0 amide bonds. The number of hydrogen-bond donors (Lipinski definition) is 1. The summed E-state index contributed by atoms with van der Waals surface area (Å²) in [6.07, 6.45) is 1.89. The highest BCUT2D eigenvalue weighted by atomic mass is 79.9. The molecule has 1 heterocycles. The van der Waals surface area contributed by atoms with E-state index >= 15 is 0 Å². The van der Waals surface area contributed by atoms with Gasteiger partial charge in [0, 0.05) is 18.4 Å². The highest BCUT2D eigenvalue weighted by molar-refractivity contribution is 9.10. The van der Waals surface area contributed by atoms with Gasteiger partial charge in [0.25, 0.3) is 0 Å². The van der Waals surface area contributed by atoms with Crippen LogP contribution in [-0.2, 0) is 13.2 Å². The summed E-state index contributed by atoms with van der Waals surface area (Å²) in [4.78, 5) is 0. The lowest BCUT2D eigenvalue weighted by Gasteiger charge is -2.08. The summed E-state index contributed by atoms with van der Waals surface area (Å²) in [5, 5.41) is 9.09. The molecule has 0 radical (unpaired) electrons. The molecule has 0 aliphatic carbocycles. The van der Waals surface area contributed by atoms with E-state index in [0.717, 1.165) is 11.3 Å². The van der Waals surface area contributed by atoms with Gasteiger partial charge in [0.2, 0.25) is 0 Å². The molecule has 1 N–H and O–H groups in total. The molecular weight excluding hydrogens is 273 g/mol. The molecule has 16 heavy (non-hydrogen) atoms. The molecule has 0 aliphatic heterocycles. The van der Waals surface area contributed by atoms with Crippen LogP contribution in [0.5, 0.6) is 0 Å². The Hall–Kier alpha value is -1.13. The lowest BCUT2D eigenvalue weighted by atomic mass is 10.2. The Morgan fingerprint density at radius 3 is 2.81 bits per heavy atom. The quantitative estimate of drug-likeness (QED) is 0.921. The molecule has 0 fully saturated rings. The van der Waals surface area contributed by atoms with Crippen molar-refractivity contribution in [3.05, 3.63) is 58.1 Å². The minimum atomic E-state index is -0.265. The number of aliphatic hydroxyl groups excluding tert-OH is 1. The lowest BCUT2D eigenvalue weighted by Crippen LogP contribution is -2.03. The van der Waals surface area contributed by atoms with Crippen molar-refractivity contribution in [2.75, 3.05) is 0 Å². The Kier molecular flexibility index (Phi) is 3.41. The van der Waals surface area contributed by atoms with E-state index in [1.807, 2.05) is 22.9 Å². The number of aromatic nitrogens is 1. The van der Waals surface area contributed by atoms with Gasteiger partial charge in [-0.1, -0.05) is 6.07 Å². The van der Waals surface area contributed by atoms with E-state index < -0.39 is 0 Å². The first-order chi connectivity index (χ1) is 7.70. The first kappa shape index (κ1) is 11.4. The zero-order chi connectivity index (χ0) is 11.5. The maximum atomic E-state index is 13.0. The van der Waals surface area contributed by atoms with E-state index in [9.17, 15) is 4.39 Å². The maximum Gasteiger partial charge on any atom is 0.137 e. The number of aliphatic hydroxyl groups is 1. The highest BCUT2D eigenvalue weighted by Gasteiger charge is 2.03. The Morgan fingerprint density at radius 1 is 1.31 bits per heavy atom. The maximum absolute atomic E-state index is 13.0. The number of nitrogens with zero attached hydrogens (tertiary/aromatic N) is 1. The molecule has 0 atom stereocenters. The first-order valence-electron chi connectivity index (χ1n) is 4.89. The number of benzene rings is 1. The fraction of sp³-hybridized carbons (Fsp3) is 0.167. The van der Waals surface area contributed by atoms with E-state index in [2.05, 4.69) is 15.9 Å². The molecule has 2 aromatic rings. The van der Waals surface area contributed by atoms with Crippen LogP contribution in [-0.4, -0.2) is 9.67 Å². The molecule has 2 nitrogen and oxygen atoms in total. The summed E-state index contributed by atoms with van der Waals surface area (Å²) in [5.74, 6) is -0.265. The third-order valence-electron chi connectivity index (χ3n) is 2.42. The second-order valence-electron chi connectivity index (χ2n) is 3.53. The van der Waals surface area contributed by atoms with Crippen LogP contribution in [0, 0.1) is 5.82 Å². The van der Waals surface area contributed by atoms with Crippen molar-refractivity contribution in [1.29, 1.82) is 0 Å². The molecule has 0 unspecified atom stereocenters.